The summed E-state index contributed by atoms with van der Waals surface area (Å²) in [5.41, 5.74) is -0.265. The average molecular weight is 296 g/mol. The summed E-state index contributed by atoms with van der Waals surface area (Å²) in [7, 11) is 0. The van der Waals surface area contributed by atoms with Gasteiger partial charge >= 0.3 is 12.0 Å². The summed E-state index contributed by atoms with van der Waals surface area (Å²) in [5, 5.41) is 22.8. The number of carboxylic acids is 1. The lowest BCUT2D eigenvalue weighted by Gasteiger charge is -2.24. The molecule has 0 radical (unpaired) electrons. The smallest absolute Gasteiger partial charge is 0.319 e. The number of hydrogen-bond donors (Lipinski definition) is 3. The Labute approximate surface area is 121 Å². The van der Waals surface area contributed by atoms with Gasteiger partial charge in [-0.05, 0) is 32.0 Å². The van der Waals surface area contributed by atoms with E-state index in [2.05, 4.69) is 10.6 Å². The third-order valence-corrected chi connectivity index (χ3v) is 2.72. The van der Waals surface area contributed by atoms with Gasteiger partial charge in [-0.3, -0.25) is 4.79 Å². The lowest BCUT2D eigenvalue weighted by atomic mass is 10.0. The Bertz CT molecular complexity index is 579. The fourth-order valence-corrected chi connectivity index (χ4v) is 1.74. The molecular weight excluding hydrogens is 282 g/mol. The van der Waals surface area contributed by atoms with Crippen LogP contribution in [0.3, 0.4) is 0 Å². The Balaban J connectivity index is 2.77. The van der Waals surface area contributed by atoms with E-state index in [-0.39, 0.29) is 17.1 Å². The lowest BCUT2D eigenvalue weighted by molar-refractivity contribution is -0.138. The second-order valence-corrected chi connectivity index (χ2v) is 5.25. The molecule has 1 aromatic carbocycles. The molecule has 3 N–H and O–H groups in total. The number of carbonyl (C=O) groups excluding carboxylic acids is 1. The van der Waals surface area contributed by atoms with E-state index in [4.69, 9.17) is 22.0 Å². The normalized spacial score (nSPS) is 10.5. The van der Waals surface area contributed by atoms with Crippen LogP contribution in [0.2, 0.25) is 5.02 Å². The molecule has 1 aromatic rings. The first-order valence-corrected chi connectivity index (χ1v) is 6.12. The van der Waals surface area contributed by atoms with Gasteiger partial charge in [-0.25, -0.2) is 4.79 Å². The SMILES string of the molecule is CC(C)(CC(=O)O)NC(=O)Nc1cc(C#N)ccc1Cl. The molecule has 1 rings (SSSR count). The maximum Gasteiger partial charge on any atom is 0.319 e. The van der Waals surface area contributed by atoms with Gasteiger partial charge in [0.1, 0.15) is 0 Å². The van der Waals surface area contributed by atoms with Crippen LogP contribution < -0.4 is 10.6 Å². The van der Waals surface area contributed by atoms with Crippen molar-refractivity contribution in [3.8, 4) is 6.07 Å². The van der Waals surface area contributed by atoms with Gasteiger partial charge in [0.2, 0.25) is 0 Å². The summed E-state index contributed by atoms with van der Waals surface area (Å²) in [6.07, 6.45) is -0.216. The van der Waals surface area contributed by atoms with Gasteiger partial charge < -0.3 is 15.7 Å². The van der Waals surface area contributed by atoms with E-state index >= 15 is 0 Å². The highest BCUT2D eigenvalue weighted by Crippen LogP contribution is 2.23. The number of anilines is 1. The van der Waals surface area contributed by atoms with Crippen molar-refractivity contribution in [3.63, 3.8) is 0 Å². The summed E-state index contributed by atoms with van der Waals surface area (Å²) >= 11 is 5.91. The van der Waals surface area contributed by atoms with Gasteiger partial charge in [-0.2, -0.15) is 5.26 Å². The molecular formula is C13H14ClN3O3. The molecule has 0 fully saturated rings. The first-order chi connectivity index (χ1) is 9.23. The van der Waals surface area contributed by atoms with Gasteiger partial charge in [0, 0.05) is 5.54 Å². The minimum atomic E-state index is -1.01. The maximum atomic E-state index is 11.8. The van der Waals surface area contributed by atoms with Crippen LogP contribution in [0.15, 0.2) is 18.2 Å². The van der Waals surface area contributed by atoms with Gasteiger partial charge in [0.25, 0.3) is 0 Å². The van der Waals surface area contributed by atoms with E-state index in [0.717, 1.165) is 0 Å². The number of carboxylic acid groups (broad SMARTS) is 1. The van der Waals surface area contributed by atoms with Crippen LogP contribution in [0.1, 0.15) is 25.8 Å². The number of hydrogen-bond acceptors (Lipinski definition) is 3. The molecule has 0 atom stereocenters. The van der Waals surface area contributed by atoms with Crippen LogP contribution >= 0.6 is 11.6 Å². The lowest BCUT2D eigenvalue weighted by Crippen LogP contribution is -2.46. The Kier molecular flexibility index (Phi) is 4.94. The fraction of sp³-hybridized carbons (Fsp3) is 0.308. The zero-order chi connectivity index (χ0) is 15.3. The number of carbonyl (C=O) groups is 2. The minimum absolute atomic E-state index is 0.216. The average Bonchev–Trinajstić information content (AvgIpc) is 2.29. The highest BCUT2D eigenvalue weighted by molar-refractivity contribution is 6.33. The number of amides is 2. The number of benzene rings is 1. The molecule has 0 spiro atoms. The van der Waals surface area contributed by atoms with E-state index in [1.165, 1.54) is 18.2 Å². The molecule has 7 heteroatoms. The monoisotopic (exact) mass is 295 g/mol. The second-order valence-electron chi connectivity index (χ2n) is 4.84. The van der Waals surface area contributed by atoms with Crippen LogP contribution in [-0.4, -0.2) is 22.6 Å². The molecule has 0 bridgehead atoms. The second kappa shape index (κ2) is 6.26. The minimum Gasteiger partial charge on any atom is -0.481 e. The third kappa shape index (κ3) is 4.78. The predicted octanol–water partition coefficient (Wildman–Crippen LogP) is 2.59. The molecule has 0 saturated carbocycles. The van der Waals surface area contributed by atoms with Crippen LogP contribution in [0, 0.1) is 11.3 Å². The summed E-state index contributed by atoms with van der Waals surface area (Å²) in [6.45, 7) is 3.18. The number of nitrogens with one attached hydrogen (secondary N) is 2. The van der Waals surface area contributed by atoms with E-state index < -0.39 is 17.5 Å². The molecule has 106 valence electrons. The fourth-order valence-electron chi connectivity index (χ4n) is 1.57. The molecule has 0 aromatic heterocycles. The number of halogens is 1. The van der Waals surface area contributed by atoms with Gasteiger partial charge in [-0.1, -0.05) is 11.6 Å². The topological polar surface area (TPSA) is 102 Å². The van der Waals surface area contributed by atoms with Crippen molar-refractivity contribution in [3.05, 3.63) is 28.8 Å². The van der Waals surface area contributed by atoms with E-state index in [1.54, 1.807) is 13.8 Å². The third-order valence-electron chi connectivity index (χ3n) is 2.39. The highest BCUT2D eigenvalue weighted by Gasteiger charge is 2.24. The Hall–Kier alpha value is -2.26. The maximum absolute atomic E-state index is 11.8. The quantitative estimate of drug-likeness (QED) is 0.794. The van der Waals surface area contributed by atoms with Crippen LogP contribution in [0.5, 0.6) is 0 Å². The van der Waals surface area contributed by atoms with Gasteiger partial charge in [-0.15, -0.1) is 0 Å². The van der Waals surface area contributed by atoms with Crippen molar-refractivity contribution in [2.75, 3.05) is 5.32 Å². The predicted molar refractivity (Wildman–Crippen MR) is 74.7 cm³/mol. The van der Waals surface area contributed by atoms with E-state index in [0.29, 0.717) is 5.56 Å². The first kappa shape index (κ1) is 15.8. The zero-order valence-electron chi connectivity index (χ0n) is 11.0. The first-order valence-electron chi connectivity index (χ1n) is 5.74. The molecule has 0 aliphatic heterocycles. The number of rotatable bonds is 4. The molecule has 20 heavy (non-hydrogen) atoms. The van der Waals surface area contributed by atoms with Gasteiger partial charge in [0.15, 0.2) is 0 Å². The summed E-state index contributed by atoms with van der Waals surface area (Å²) in [4.78, 5) is 22.5. The highest BCUT2D eigenvalue weighted by atomic mass is 35.5. The standard InChI is InChI=1S/C13H14ClN3O3/c1-13(2,6-11(18)19)17-12(20)16-10-5-8(7-15)3-4-9(10)14/h3-5H,6H2,1-2H3,(H,18,19)(H2,16,17,20). The van der Waals surface area contributed by atoms with Crippen molar-refractivity contribution in [2.24, 2.45) is 0 Å². The van der Waals surface area contributed by atoms with E-state index in [9.17, 15) is 9.59 Å². The van der Waals surface area contributed by atoms with Crippen LogP contribution in [-0.2, 0) is 4.79 Å². The molecule has 0 unspecified atom stereocenters. The van der Waals surface area contributed by atoms with Crippen molar-refractivity contribution >= 4 is 29.3 Å². The number of aliphatic carboxylic acids is 1. The molecule has 0 saturated heterocycles. The van der Waals surface area contributed by atoms with Crippen LogP contribution in [0.25, 0.3) is 0 Å². The van der Waals surface area contributed by atoms with E-state index in [1.807, 2.05) is 6.07 Å². The molecule has 0 aliphatic rings. The largest absolute Gasteiger partial charge is 0.481 e. The molecule has 0 heterocycles. The summed E-state index contributed by atoms with van der Waals surface area (Å²) in [5.74, 6) is -1.01. The summed E-state index contributed by atoms with van der Waals surface area (Å²) in [6, 6.07) is 5.81. The molecule has 6 nitrogen and oxygen atoms in total. The van der Waals surface area contributed by atoms with Crippen molar-refractivity contribution < 1.29 is 14.7 Å². The molecule has 0 aliphatic carbocycles. The number of nitrogens with zero attached hydrogens (tertiary/aromatic N) is 1. The van der Waals surface area contributed by atoms with Crippen LogP contribution in [0.4, 0.5) is 10.5 Å². The Morgan fingerprint density at radius 2 is 2.10 bits per heavy atom. The summed E-state index contributed by atoms with van der Waals surface area (Å²) < 4.78 is 0. The van der Waals surface area contributed by atoms with Gasteiger partial charge in [0.05, 0.1) is 28.8 Å². The Morgan fingerprint density at radius 3 is 2.65 bits per heavy atom. The number of urea groups is 1. The van der Waals surface area contributed by atoms with Crippen molar-refractivity contribution in [2.45, 2.75) is 25.8 Å². The zero-order valence-corrected chi connectivity index (χ0v) is 11.8. The van der Waals surface area contributed by atoms with Crippen molar-refractivity contribution in [1.29, 1.82) is 5.26 Å². The molecule has 2 amide bonds. The van der Waals surface area contributed by atoms with Crippen molar-refractivity contribution in [1.82, 2.24) is 5.32 Å². The Morgan fingerprint density at radius 1 is 1.45 bits per heavy atom. The number of nitriles is 1.